The lowest BCUT2D eigenvalue weighted by molar-refractivity contribution is 0.0764. The van der Waals surface area contributed by atoms with Crippen LogP contribution in [0.5, 0.6) is 0 Å². The van der Waals surface area contributed by atoms with E-state index in [2.05, 4.69) is 21.2 Å². The van der Waals surface area contributed by atoms with E-state index in [0.29, 0.717) is 16.5 Å². The van der Waals surface area contributed by atoms with Crippen LogP contribution in [0.2, 0.25) is 5.02 Å². The van der Waals surface area contributed by atoms with Gasteiger partial charge in [0.05, 0.1) is 5.56 Å². The number of hydrogen-bond acceptors (Lipinski definition) is 2. The van der Waals surface area contributed by atoms with Crippen molar-refractivity contribution in [1.82, 2.24) is 10.2 Å². The topological polar surface area (TPSA) is 32.3 Å². The molecule has 19 heavy (non-hydrogen) atoms. The number of halogens is 2. The number of carbonyl (C=O) groups excluding carboxylic acids is 1. The van der Waals surface area contributed by atoms with Gasteiger partial charge in [-0.1, -0.05) is 11.6 Å². The van der Waals surface area contributed by atoms with Crippen molar-refractivity contribution in [2.45, 2.75) is 12.8 Å². The van der Waals surface area contributed by atoms with Gasteiger partial charge < -0.3 is 10.2 Å². The van der Waals surface area contributed by atoms with Crippen molar-refractivity contribution in [2.75, 3.05) is 26.7 Å². The van der Waals surface area contributed by atoms with Gasteiger partial charge in [0.1, 0.15) is 0 Å². The van der Waals surface area contributed by atoms with E-state index in [1.807, 2.05) is 13.1 Å². The molecule has 1 N–H and O–H groups in total. The maximum atomic E-state index is 12.4. The highest BCUT2D eigenvalue weighted by molar-refractivity contribution is 9.10. The van der Waals surface area contributed by atoms with Crippen LogP contribution in [0, 0.1) is 5.92 Å². The van der Waals surface area contributed by atoms with Gasteiger partial charge in [-0.15, -0.1) is 0 Å². The molecule has 0 saturated carbocycles. The number of hydrogen-bond donors (Lipinski definition) is 1. The molecule has 1 aliphatic rings. The van der Waals surface area contributed by atoms with E-state index in [0.717, 1.165) is 24.1 Å². The zero-order valence-corrected chi connectivity index (χ0v) is 13.3. The average Bonchev–Trinajstić information content (AvgIpc) is 2.42. The predicted molar refractivity (Wildman–Crippen MR) is 81.7 cm³/mol. The Morgan fingerprint density at radius 3 is 3.05 bits per heavy atom. The van der Waals surface area contributed by atoms with E-state index >= 15 is 0 Å². The molecule has 104 valence electrons. The minimum absolute atomic E-state index is 0.0138. The third kappa shape index (κ3) is 3.94. The van der Waals surface area contributed by atoms with Crippen molar-refractivity contribution in [3.05, 3.63) is 33.3 Å². The van der Waals surface area contributed by atoms with Crippen molar-refractivity contribution in [3.63, 3.8) is 0 Å². The van der Waals surface area contributed by atoms with Gasteiger partial charge in [-0.3, -0.25) is 4.79 Å². The number of nitrogens with one attached hydrogen (secondary N) is 1. The van der Waals surface area contributed by atoms with Crippen LogP contribution in [0.3, 0.4) is 0 Å². The summed E-state index contributed by atoms with van der Waals surface area (Å²) < 4.78 is 0.788. The normalized spacial score (nSPS) is 19.2. The van der Waals surface area contributed by atoms with Crippen LogP contribution in [0.1, 0.15) is 23.2 Å². The molecule has 1 aliphatic heterocycles. The molecule has 0 aliphatic carbocycles. The first kappa shape index (κ1) is 14.8. The molecular formula is C14H18BrClN2O. The van der Waals surface area contributed by atoms with Crippen LogP contribution in [0.15, 0.2) is 22.7 Å². The summed E-state index contributed by atoms with van der Waals surface area (Å²) in [6, 6.07) is 5.29. The minimum Gasteiger partial charge on any atom is -0.341 e. The highest BCUT2D eigenvalue weighted by Crippen LogP contribution is 2.23. The van der Waals surface area contributed by atoms with Crippen LogP contribution in [-0.4, -0.2) is 37.5 Å². The van der Waals surface area contributed by atoms with Gasteiger partial charge in [0, 0.05) is 23.1 Å². The Bertz CT molecular complexity index is 461. The second kappa shape index (κ2) is 6.73. The van der Waals surface area contributed by atoms with Gasteiger partial charge in [-0.25, -0.2) is 0 Å². The monoisotopic (exact) mass is 344 g/mol. The molecule has 1 fully saturated rings. The maximum Gasteiger partial charge on any atom is 0.254 e. The quantitative estimate of drug-likeness (QED) is 0.912. The fourth-order valence-electron chi connectivity index (χ4n) is 2.42. The third-order valence-corrected chi connectivity index (χ3v) is 4.36. The van der Waals surface area contributed by atoms with E-state index in [9.17, 15) is 4.79 Å². The van der Waals surface area contributed by atoms with Crippen LogP contribution >= 0.6 is 27.5 Å². The summed E-state index contributed by atoms with van der Waals surface area (Å²) in [6.07, 6.45) is 2.37. The molecule has 3 nitrogen and oxygen atoms in total. The number of rotatable bonds is 3. The molecule has 0 aromatic heterocycles. The summed E-state index contributed by atoms with van der Waals surface area (Å²) >= 11 is 9.36. The van der Waals surface area contributed by atoms with Crippen molar-refractivity contribution < 1.29 is 4.79 Å². The zero-order valence-electron chi connectivity index (χ0n) is 11.0. The molecule has 1 unspecified atom stereocenters. The lowest BCUT2D eigenvalue weighted by Crippen LogP contribution is -2.39. The van der Waals surface area contributed by atoms with E-state index in [-0.39, 0.29) is 5.91 Å². The first-order valence-corrected chi connectivity index (χ1v) is 7.66. The Hall–Kier alpha value is -0.580. The number of benzene rings is 1. The van der Waals surface area contributed by atoms with Crippen LogP contribution in [0.25, 0.3) is 0 Å². The van der Waals surface area contributed by atoms with Crippen LogP contribution in [0.4, 0.5) is 0 Å². The van der Waals surface area contributed by atoms with E-state index in [1.54, 1.807) is 17.0 Å². The Morgan fingerprint density at radius 1 is 1.58 bits per heavy atom. The molecule has 0 spiro atoms. The summed E-state index contributed by atoms with van der Waals surface area (Å²) in [7, 11) is 1.85. The number of carbonyl (C=O) groups is 1. The second-order valence-corrected chi connectivity index (χ2v) is 6.31. The molecule has 0 radical (unpaired) electrons. The lowest BCUT2D eigenvalue weighted by atomic mass is 9.99. The first-order chi connectivity index (χ1) is 9.08. The van der Waals surface area contributed by atoms with Crippen molar-refractivity contribution in [3.8, 4) is 0 Å². The van der Waals surface area contributed by atoms with Gasteiger partial charge in [0.15, 0.2) is 0 Å². The second-order valence-electron chi connectivity index (χ2n) is 5.02. The van der Waals surface area contributed by atoms with E-state index in [1.165, 1.54) is 12.8 Å². The molecule has 1 saturated heterocycles. The molecule has 1 aromatic rings. The highest BCUT2D eigenvalue weighted by Gasteiger charge is 2.20. The van der Waals surface area contributed by atoms with Gasteiger partial charge >= 0.3 is 0 Å². The maximum absolute atomic E-state index is 12.4. The van der Waals surface area contributed by atoms with E-state index in [4.69, 9.17) is 11.6 Å². The average molecular weight is 346 g/mol. The standard InChI is InChI=1S/C14H18BrClN2O/c1-18(9-10-3-2-6-17-8-10)14(19)12-7-11(16)4-5-13(12)15/h4-5,7,10,17H,2-3,6,8-9H2,1H3. The van der Waals surface area contributed by atoms with Gasteiger partial charge in [-0.05, 0) is 66.0 Å². The largest absolute Gasteiger partial charge is 0.341 e. The molecular weight excluding hydrogens is 328 g/mol. The fraction of sp³-hybridized carbons (Fsp3) is 0.500. The molecule has 1 heterocycles. The molecule has 2 rings (SSSR count). The van der Waals surface area contributed by atoms with Gasteiger partial charge in [0.25, 0.3) is 5.91 Å². The van der Waals surface area contributed by atoms with Crippen LogP contribution in [-0.2, 0) is 0 Å². The SMILES string of the molecule is CN(CC1CCCNC1)C(=O)c1cc(Cl)ccc1Br. The lowest BCUT2D eigenvalue weighted by Gasteiger charge is -2.28. The first-order valence-electron chi connectivity index (χ1n) is 6.49. The Kier molecular flexibility index (Phi) is 5.25. The molecule has 5 heteroatoms. The number of nitrogens with zero attached hydrogens (tertiary/aromatic N) is 1. The molecule has 0 bridgehead atoms. The summed E-state index contributed by atoms with van der Waals surface area (Å²) in [5.74, 6) is 0.556. The Balaban J connectivity index is 2.03. The molecule has 1 amide bonds. The molecule has 1 aromatic carbocycles. The number of amides is 1. The molecule has 1 atom stereocenters. The summed E-state index contributed by atoms with van der Waals surface area (Å²) in [6.45, 7) is 2.87. The zero-order chi connectivity index (χ0) is 13.8. The predicted octanol–water partition coefficient (Wildman–Crippen LogP) is 3.17. The van der Waals surface area contributed by atoms with Gasteiger partial charge in [-0.2, -0.15) is 0 Å². The van der Waals surface area contributed by atoms with Crippen molar-refractivity contribution >= 4 is 33.4 Å². The number of piperidine rings is 1. The minimum atomic E-state index is 0.0138. The summed E-state index contributed by atoms with van der Waals surface area (Å²) in [4.78, 5) is 14.2. The van der Waals surface area contributed by atoms with Crippen molar-refractivity contribution in [1.29, 1.82) is 0 Å². The van der Waals surface area contributed by atoms with Crippen molar-refractivity contribution in [2.24, 2.45) is 5.92 Å². The Morgan fingerprint density at radius 2 is 2.37 bits per heavy atom. The summed E-state index contributed by atoms with van der Waals surface area (Å²) in [5.41, 5.74) is 0.624. The third-order valence-electron chi connectivity index (χ3n) is 3.44. The smallest absolute Gasteiger partial charge is 0.254 e. The van der Waals surface area contributed by atoms with Gasteiger partial charge in [0.2, 0.25) is 0 Å². The summed E-state index contributed by atoms with van der Waals surface area (Å²) in [5, 5.41) is 3.95. The highest BCUT2D eigenvalue weighted by atomic mass is 79.9. The van der Waals surface area contributed by atoms with Crippen LogP contribution < -0.4 is 5.32 Å². The fourth-order valence-corrected chi connectivity index (χ4v) is 3.01. The Labute approximate surface area is 127 Å². The van der Waals surface area contributed by atoms with E-state index < -0.39 is 0 Å².